The molecule has 33 heavy (non-hydrogen) atoms. The molecule has 2 aliphatic rings. The lowest BCUT2D eigenvalue weighted by Crippen LogP contribution is -2.14. The van der Waals surface area contributed by atoms with Crippen LogP contribution >= 0.6 is 0 Å². The first-order valence-electron chi connectivity index (χ1n) is 11.4. The maximum Gasteiger partial charge on any atom is 0.339 e. The van der Waals surface area contributed by atoms with E-state index < -0.39 is 6.10 Å². The van der Waals surface area contributed by atoms with E-state index in [-0.39, 0.29) is 5.97 Å². The highest BCUT2D eigenvalue weighted by Crippen LogP contribution is 2.38. The van der Waals surface area contributed by atoms with Crippen molar-refractivity contribution in [2.45, 2.75) is 46.5 Å². The number of esters is 1. The fourth-order valence-electron chi connectivity index (χ4n) is 4.85. The number of hydrogen-bond acceptors (Lipinski definition) is 5. The molecule has 3 aromatic rings. The first-order valence-corrected chi connectivity index (χ1v) is 11.4. The topological polar surface area (TPSA) is 54.0 Å². The average molecular weight is 445 g/mol. The van der Waals surface area contributed by atoms with Gasteiger partial charge in [0, 0.05) is 12.0 Å². The highest BCUT2D eigenvalue weighted by Gasteiger charge is 2.31. The summed E-state index contributed by atoms with van der Waals surface area (Å²) in [5.74, 6) is 1.44. The van der Waals surface area contributed by atoms with Gasteiger partial charge in [-0.3, -0.25) is 0 Å². The Hall–Kier alpha value is -3.31. The summed E-state index contributed by atoms with van der Waals surface area (Å²) in [4.78, 5) is 12.1. The Morgan fingerprint density at radius 1 is 1.12 bits per heavy atom. The predicted octanol–water partition coefficient (Wildman–Crippen LogP) is 5.62. The quantitative estimate of drug-likeness (QED) is 0.462. The third-order valence-corrected chi connectivity index (χ3v) is 6.40. The summed E-state index contributed by atoms with van der Waals surface area (Å²) in [6, 6.07) is 16.4. The van der Waals surface area contributed by atoms with Gasteiger partial charge in [0.25, 0.3) is 0 Å². The lowest BCUT2D eigenvalue weighted by Gasteiger charge is -2.15. The van der Waals surface area contributed by atoms with Crippen LogP contribution in [-0.4, -0.2) is 19.2 Å². The van der Waals surface area contributed by atoms with E-state index in [2.05, 4.69) is 44.2 Å². The summed E-state index contributed by atoms with van der Waals surface area (Å²) >= 11 is 0. The molecule has 5 heteroatoms. The Bertz CT molecular complexity index is 1210. The second-order valence-corrected chi connectivity index (χ2v) is 8.56. The van der Waals surface area contributed by atoms with Crippen molar-refractivity contribution in [2.24, 2.45) is 0 Å². The summed E-state index contributed by atoms with van der Waals surface area (Å²) in [7, 11) is 0. The molecule has 0 unspecified atom stereocenters. The summed E-state index contributed by atoms with van der Waals surface area (Å²) in [6.07, 6.45) is 0.325. The van der Waals surface area contributed by atoms with E-state index in [1.54, 1.807) is 6.92 Å². The van der Waals surface area contributed by atoms with Crippen LogP contribution in [0.25, 0.3) is 11.1 Å². The molecule has 2 heterocycles. The van der Waals surface area contributed by atoms with Crippen LogP contribution in [0.3, 0.4) is 0 Å². The zero-order chi connectivity index (χ0) is 22.9. The minimum Gasteiger partial charge on any atom is -0.493 e. The Kier molecular flexibility index (Phi) is 5.81. The molecule has 0 amide bonds. The number of carbonyl (C=O) groups excluding carboxylic acids is 1. The van der Waals surface area contributed by atoms with Gasteiger partial charge in [-0.1, -0.05) is 24.3 Å². The Morgan fingerprint density at radius 3 is 2.85 bits per heavy atom. The third kappa shape index (κ3) is 4.09. The van der Waals surface area contributed by atoms with Crippen LogP contribution in [0.2, 0.25) is 0 Å². The fourth-order valence-corrected chi connectivity index (χ4v) is 4.85. The van der Waals surface area contributed by atoms with Crippen LogP contribution in [0, 0.1) is 13.8 Å². The molecule has 0 N–H and O–H groups in total. The molecule has 0 spiro atoms. The van der Waals surface area contributed by atoms with Crippen molar-refractivity contribution in [3.8, 4) is 22.6 Å². The SMILES string of the molecule is CCOC(=O)[C@H]1OCc2cc(OCc3cccc(-c4c(C)cc5c(c4C)CCO5)c3)ccc21. The van der Waals surface area contributed by atoms with Gasteiger partial charge in [0.05, 0.1) is 19.8 Å². The summed E-state index contributed by atoms with van der Waals surface area (Å²) in [5.41, 5.74) is 9.24. The maximum absolute atomic E-state index is 12.1. The molecule has 2 aliphatic heterocycles. The van der Waals surface area contributed by atoms with E-state index in [4.69, 9.17) is 18.9 Å². The van der Waals surface area contributed by atoms with Crippen molar-refractivity contribution in [2.75, 3.05) is 13.2 Å². The molecule has 5 rings (SSSR count). The molecule has 0 radical (unpaired) electrons. The van der Waals surface area contributed by atoms with Gasteiger partial charge >= 0.3 is 5.97 Å². The summed E-state index contributed by atoms with van der Waals surface area (Å²) in [5, 5.41) is 0. The molecule has 0 saturated carbocycles. The van der Waals surface area contributed by atoms with Crippen LogP contribution in [0.4, 0.5) is 0 Å². The first-order chi connectivity index (χ1) is 16.0. The van der Waals surface area contributed by atoms with E-state index in [0.29, 0.717) is 19.8 Å². The van der Waals surface area contributed by atoms with Gasteiger partial charge in [-0.2, -0.15) is 0 Å². The summed E-state index contributed by atoms with van der Waals surface area (Å²) < 4.78 is 22.6. The lowest BCUT2D eigenvalue weighted by atomic mass is 9.90. The predicted molar refractivity (Wildman–Crippen MR) is 125 cm³/mol. The highest BCUT2D eigenvalue weighted by molar-refractivity contribution is 5.78. The van der Waals surface area contributed by atoms with Gasteiger partial charge in [-0.25, -0.2) is 4.79 Å². The molecular weight excluding hydrogens is 416 g/mol. The van der Waals surface area contributed by atoms with Gasteiger partial charge in [-0.05, 0) is 84.0 Å². The molecule has 1 atom stereocenters. The Labute approximate surface area is 194 Å². The van der Waals surface area contributed by atoms with Crippen LogP contribution in [-0.2, 0) is 33.9 Å². The maximum atomic E-state index is 12.1. The minimum absolute atomic E-state index is 0.340. The van der Waals surface area contributed by atoms with E-state index >= 15 is 0 Å². The van der Waals surface area contributed by atoms with Crippen molar-refractivity contribution in [1.82, 2.24) is 0 Å². The van der Waals surface area contributed by atoms with Crippen molar-refractivity contribution < 1.29 is 23.7 Å². The number of ether oxygens (including phenoxy) is 4. The van der Waals surface area contributed by atoms with E-state index in [1.807, 2.05) is 18.2 Å². The van der Waals surface area contributed by atoms with Crippen molar-refractivity contribution in [1.29, 1.82) is 0 Å². The first kappa shape index (κ1) is 21.5. The van der Waals surface area contributed by atoms with Crippen molar-refractivity contribution in [3.05, 3.63) is 81.9 Å². The van der Waals surface area contributed by atoms with Crippen molar-refractivity contribution in [3.63, 3.8) is 0 Å². The Morgan fingerprint density at radius 2 is 2.00 bits per heavy atom. The van der Waals surface area contributed by atoms with Crippen LogP contribution in [0.15, 0.2) is 48.5 Å². The van der Waals surface area contributed by atoms with Gasteiger partial charge in [-0.15, -0.1) is 0 Å². The van der Waals surface area contributed by atoms with Crippen LogP contribution in [0.1, 0.15) is 46.4 Å². The van der Waals surface area contributed by atoms with Gasteiger partial charge < -0.3 is 18.9 Å². The highest BCUT2D eigenvalue weighted by atomic mass is 16.6. The second-order valence-electron chi connectivity index (χ2n) is 8.56. The fraction of sp³-hybridized carbons (Fsp3) is 0.321. The molecule has 5 nitrogen and oxygen atoms in total. The zero-order valence-electron chi connectivity index (χ0n) is 19.3. The number of aryl methyl sites for hydroxylation is 1. The Balaban J connectivity index is 1.33. The van der Waals surface area contributed by atoms with Crippen LogP contribution < -0.4 is 9.47 Å². The number of hydrogen-bond donors (Lipinski definition) is 0. The normalized spacial score (nSPS) is 16.2. The van der Waals surface area contributed by atoms with E-state index in [9.17, 15) is 4.79 Å². The van der Waals surface area contributed by atoms with E-state index in [0.717, 1.165) is 41.2 Å². The van der Waals surface area contributed by atoms with Crippen LogP contribution in [0.5, 0.6) is 11.5 Å². The molecule has 0 fully saturated rings. The number of benzene rings is 3. The molecule has 0 aromatic heterocycles. The molecule has 3 aromatic carbocycles. The summed E-state index contributed by atoms with van der Waals surface area (Å²) in [6.45, 7) is 8.07. The van der Waals surface area contributed by atoms with Crippen molar-refractivity contribution >= 4 is 5.97 Å². The van der Waals surface area contributed by atoms with E-state index in [1.165, 1.54) is 27.8 Å². The molecule has 170 valence electrons. The van der Waals surface area contributed by atoms with Gasteiger partial charge in [0.1, 0.15) is 18.1 Å². The minimum atomic E-state index is -0.644. The molecule has 0 saturated heterocycles. The molecule has 0 bridgehead atoms. The lowest BCUT2D eigenvalue weighted by molar-refractivity contribution is -0.156. The number of fused-ring (bicyclic) bond motifs is 2. The van der Waals surface area contributed by atoms with Gasteiger partial charge in [0.2, 0.25) is 0 Å². The largest absolute Gasteiger partial charge is 0.493 e. The standard InChI is InChI=1S/C28H28O5/c1-4-30-28(29)27-24-9-8-22(14-21(24)16-33-27)32-15-19-6-5-7-20(13-19)26-17(2)12-25-23(18(26)3)10-11-31-25/h5-9,12-14,27H,4,10-11,15-16H2,1-3H3/t27-/m0/s1. The smallest absolute Gasteiger partial charge is 0.339 e. The zero-order valence-corrected chi connectivity index (χ0v) is 19.3. The monoisotopic (exact) mass is 444 g/mol. The third-order valence-electron chi connectivity index (χ3n) is 6.40. The van der Waals surface area contributed by atoms with Gasteiger partial charge in [0.15, 0.2) is 6.10 Å². The molecule has 0 aliphatic carbocycles. The second kappa shape index (κ2) is 8.91. The number of carbonyl (C=O) groups is 1. The molecular formula is C28H28O5. The number of rotatable bonds is 6. The average Bonchev–Trinajstić information content (AvgIpc) is 3.45.